The summed E-state index contributed by atoms with van der Waals surface area (Å²) >= 11 is 0. The van der Waals surface area contributed by atoms with E-state index in [1.165, 1.54) is 0 Å². The van der Waals surface area contributed by atoms with E-state index in [0.29, 0.717) is 6.10 Å². The predicted molar refractivity (Wildman–Crippen MR) is 76.5 cm³/mol. The Morgan fingerprint density at radius 2 is 2.30 bits per heavy atom. The second-order valence-corrected chi connectivity index (χ2v) is 5.13. The molecule has 1 atom stereocenters. The molecule has 2 aromatic heterocycles. The summed E-state index contributed by atoms with van der Waals surface area (Å²) in [5.74, 6) is 1.66. The Kier molecular flexibility index (Phi) is 3.54. The lowest BCUT2D eigenvalue weighted by Crippen LogP contribution is -2.23. The molecule has 1 aliphatic heterocycles. The number of hydrogen-bond acceptors (Lipinski definition) is 6. The minimum Gasteiger partial charge on any atom is -0.380 e. The Bertz CT molecular complexity index is 610. The van der Waals surface area contributed by atoms with Crippen LogP contribution in [0.25, 0.3) is 11.0 Å². The van der Waals surface area contributed by atoms with Crippen LogP contribution in [0.4, 0.5) is 5.82 Å². The molecule has 108 valence electrons. The molecule has 7 nitrogen and oxygen atoms in total. The third kappa shape index (κ3) is 2.34. The summed E-state index contributed by atoms with van der Waals surface area (Å²) in [6.45, 7) is 2.72. The number of rotatable bonds is 4. The molecule has 1 unspecified atom stereocenters. The van der Waals surface area contributed by atoms with E-state index in [1.807, 2.05) is 14.1 Å². The molecule has 1 aliphatic rings. The Morgan fingerprint density at radius 3 is 3.00 bits per heavy atom. The monoisotopic (exact) mass is 276 g/mol. The molecule has 0 saturated carbocycles. The molecule has 0 aromatic carbocycles. The molecule has 0 radical (unpaired) electrons. The van der Waals surface area contributed by atoms with Gasteiger partial charge in [-0.05, 0) is 6.42 Å². The number of nitrogens with one attached hydrogen (secondary N) is 1. The summed E-state index contributed by atoms with van der Waals surface area (Å²) in [6.07, 6.45) is 3.20. The molecule has 2 aromatic rings. The van der Waals surface area contributed by atoms with E-state index in [1.54, 1.807) is 18.0 Å². The molecule has 20 heavy (non-hydrogen) atoms. The number of fused-ring (bicyclic) bond motifs is 1. The van der Waals surface area contributed by atoms with Crippen LogP contribution >= 0.6 is 0 Å². The molecule has 0 amide bonds. The zero-order valence-electron chi connectivity index (χ0n) is 12.1. The van der Waals surface area contributed by atoms with Gasteiger partial charge in [-0.1, -0.05) is 0 Å². The van der Waals surface area contributed by atoms with Crippen LogP contribution < -0.4 is 5.32 Å². The highest BCUT2D eigenvalue weighted by atomic mass is 16.5. The van der Waals surface area contributed by atoms with E-state index in [4.69, 9.17) is 4.74 Å². The van der Waals surface area contributed by atoms with Crippen LogP contribution in [0.1, 0.15) is 12.2 Å². The molecule has 0 spiro atoms. The Balaban J connectivity index is 1.86. The van der Waals surface area contributed by atoms with Crippen LogP contribution in [0.5, 0.6) is 0 Å². The van der Waals surface area contributed by atoms with Gasteiger partial charge in [-0.15, -0.1) is 0 Å². The zero-order valence-corrected chi connectivity index (χ0v) is 12.1. The first-order valence-corrected chi connectivity index (χ1v) is 6.82. The van der Waals surface area contributed by atoms with Crippen LogP contribution in [0.2, 0.25) is 0 Å². The average Bonchev–Trinajstić information content (AvgIpc) is 3.06. The van der Waals surface area contributed by atoms with Crippen molar-refractivity contribution in [1.82, 2.24) is 24.6 Å². The summed E-state index contributed by atoms with van der Waals surface area (Å²) in [5, 5.41) is 8.32. The van der Waals surface area contributed by atoms with Gasteiger partial charge in [0, 0.05) is 34.3 Å². The topological polar surface area (TPSA) is 68.1 Å². The summed E-state index contributed by atoms with van der Waals surface area (Å²) < 4.78 is 7.17. The van der Waals surface area contributed by atoms with Gasteiger partial charge in [-0.3, -0.25) is 9.58 Å². The molecule has 1 saturated heterocycles. The van der Waals surface area contributed by atoms with Gasteiger partial charge in [-0.2, -0.15) is 5.10 Å². The van der Waals surface area contributed by atoms with Crippen molar-refractivity contribution < 1.29 is 4.74 Å². The highest BCUT2D eigenvalue weighted by Gasteiger charge is 2.23. The summed E-state index contributed by atoms with van der Waals surface area (Å²) in [7, 11) is 5.54. The number of anilines is 1. The molecule has 7 heteroatoms. The van der Waals surface area contributed by atoms with E-state index in [2.05, 4.69) is 25.3 Å². The van der Waals surface area contributed by atoms with E-state index < -0.39 is 0 Å². The summed E-state index contributed by atoms with van der Waals surface area (Å²) in [4.78, 5) is 11.5. The predicted octanol–water partition coefficient (Wildman–Crippen LogP) is 0.626. The Labute approximate surface area is 117 Å². The molecular weight excluding hydrogens is 256 g/mol. The lowest BCUT2D eigenvalue weighted by molar-refractivity contribution is 0.107. The highest BCUT2D eigenvalue weighted by molar-refractivity contribution is 5.86. The molecule has 1 N–H and O–H groups in total. The number of ether oxygens (including phenoxy) is 1. The molecule has 0 bridgehead atoms. The van der Waals surface area contributed by atoms with Gasteiger partial charge in [-0.25, -0.2) is 9.97 Å². The van der Waals surface area contributed by atoms with Crippen molar-refractivity contribution in [3.05, 3.63) is 12.0 Å². The number of aromatic nitrogens is 4. The van der Waals surface area contributed by atoms with Crippen LogP contribution in [0.3, 0.4) is 0 Å². The second-order valence-electron chi connectivity index (χ2n) is 5.13. The van der Waals surface area contributed by atoms with Gasteiger partial charge < -0.3 is 10.1 Å². The van der Waals surface area contributed by atoms with Crippen LogP contribution in [0.15, 0.2) is 6.20 Å². The van der Waals surface area contributed by atoms with Gasteiger partial charge in [0.25, 0.3) is 0 Å². The van der Waals surface area contributed by atoms with Crippen molar-refractivity contribution in [2.24, 2.45) is 7.05 Å². The summed E-state index contributed by atoms with van der Waals surface area (Å²) in [5.41, 5.74) is 0.863. The van der Waals surface area contributed by atoms with Crippen molar-refractivity contribution in [1.29, 1.82) is 0 Å². The summed E-state index contributed by atoms with van der Waals surface area (Å²) in [6, 6.07) is 0. The first-order valence-electron chi connectivity index (χ1n) is 6.82. The van der Waals surface area contributed by atoms with Gasteiger partial charge >= 0.3 is 0 Å². The first-order chi connectivity index (χ1) is 9.71. The maximum atomic E-state index is 5.39. The van der Waals surface area contributed by atoms with Crippen molar-refractivity contribution in [2.75, 3.05) is 32.6 Å². The largest absolute Gasteiger partial charge is 0.380 e. The van der Waals surface area contributed by atoms with Gasteiger partial charge in [0.2, 0.25) is 0 Å². The minimum absolute atomic E-state index is 0.333. The molecule has 3 heterocycles. The van der Waals surface area contributed by atoms with Crippen molar-refractivity contribution in [3.8, 4) is 0 Å². The highest BCUT2D eigenvalue weighted by Crippen LogP contribution is 2.20. The number of likely N-dealkylation sites (tertiary alicyclic amines) is 1. The number of hydrogen-bond donors (Lipinski definition) is 1. The SMILES string of the molecule is CNc1nc(CN2CCC(OC)C2)nc2c1cnn2C. The van der Waals surface area contributed by atoms with Gasteiger partial charge in [0.1, 0.15) is 11.6 Å². The van der Waals surface area contributed by atoms with Crippen molar-refractivity contribution >= 4 is 16.9 Å². The zero-order chi connectivity index (χ0) is 14.1. The standard InChI is InChI=1S/C13H20N6O/c1-14-12-10-6-15-18(2)13(10)17-11(16-12)8-19-5-4-9(7-19)20-3/h6,9H,4-5,7-8H2,1-3H3,(H,14,16,17). The maximum Gasteiger partial charge on any atom is 0.163 e. The van der Waals surface area contributed by atoms with E-state index in [-0.39, 0.29) is 0 Å². The molecule has 0 aliphatic carbocycles. The molecular formula is C13H20N6O. The van der Waals surface area contributed by atoms with Crippen LogP contribution in [-0.2, 0) is 18.3 Å². The number of methoxy groups -OCH3 is 1. The van der Waals surface area contributed by atoms with E-state index in [9.17, 15) is 0 Å². The van der Waals surface area contributed by atoms with E-state index in [0.717, 1.165) is 48.7 Å². The van der Waals surface area contributed by atoms with Crippen LogP contribution in [0, 0.1) is 0 Å². The van der Waals surface area contributed by atoms with Gasteiger partial charge in [0.15, 0.2) is 5.65 Å². The minimum atomic E-state index is 0.333. The first kappa shape index (κ1) is 13.3. The fourth-order valence-electron chi connectivity index (χ4n) is 2.66. The van der Waals surface area contributed by atoms with Gasteiger partial charge in [0.05, 0.1) is 24.2 Å². The lowest BCUT2D eigenvalue weighted by atomic mass is 10.3. The number of aryl methyl sites for hydroxylation is 1. The Hall–Kier alpha value is -1.73. The second kappa shape index (κ2) is 5.34. The third-order valence-electron chi connectivity index (χ3n) is 3.80. The lowest BCUT2D eigenvalue weighted by Gasteiger charge is -2.15. The van der Waals surface area contributed by atoms with Crippen molar-refractivity contribution in [3.63, 3.8) is 0 Å². The molecule has 3 rings (SSSR count). The fraction of sp³-hybridized carbons (Fsp3) is 0.615. The average molecular weight is 276 g/mol. The normalized spacial score (nSPS) is 19.9. The van der Waals surface area contributed by atoms with E-state index >= 15 is 0 Å². The molecule has 1 fully saturated rings. The number of nitrogens with zero attached hydrogens (tertiary/aromatic N) is 5. The van der Waals surface area contributed by atoms with Crippen LogP contribution in [-0.4, -0.2) is 58.0 Å². The van der Waals surface area contributed by atoms with Crippen molar-refractivity contribution in [2.45, 2.75) is 19.1 Å². The smallest absolute Gasteiger partial charge is 0.163 e. The Morgan fingerprint density at radius 1 is 1.45 bits per heavy atom. The quantitative estimate of drug-likeness (QED) is 0.883. The maximum absolute atomic E-state index is 5.39. The third-order valence-corrected chi connectivity index (χ3v) is 3.80. The fourth-order valence-corrected chi connectivity index (χ4v) is 2.66.